The van der Waals surface area contributed by atoms with Crippen LogP contribution in [0.15, 0.2) is 0 Å². The van der Waals surface area contributed by atoms with Gasteiger partial charge < -0.3 is 5.32 Å². The second-order valence-electron chi connectivity index (χ2n) is 8.36. The maximum absolute atomic E-state index is 3.80. The summed E-state index contributed by atoms with van der Waals surface area (Å²) in [4.78, 5) is 2.82. The van der Waals surface area contributed by atoms with Crippen LogP contribution >= 0.6 is 0 Å². The quantitative estimate of drug-likeness (QED) is 0.843. The van der Waals surface area contributed by atoms with Crippen LogP contribution in [0, 0.1) is 17.3 Å². The third-order valence-corrected chi connectivity index (χ3v) is 5.81. The largest absolute Gasteiger partial charge is 0.311 e. The first kappa shape index (κ1) is 16.3. The predicted octanol–water partition coefficient (Wildman–Crippen LogP) is 3.91. The first-order valence-electron chi connectivity index (χ1n) is 8.89. The van der Waals surface area contributed by atoms with Gasteiger partial charge in [-0.1, -0.05) is 53.9 Å². The van der Waals surface area contributed by atoms with Gasteiger partial charge in [0.1, 0.15) is 0 Å². The molecular formula is C18H36N2. The highest BCUT2D eigenvalue weighted by molar-refractivity contribution is 4.92. The van der Waals surface area contributed by atoms with Crippen molar-refractivity contribution in [1.29, 1.82) is 0 Å². The summed E-state index contributed by atoms with van der Waals surface area (Å²) in [5.74, 6) is 1.88. The Labute approximate surface area is 126 Å². The van der Waals surface area contributed by atoms with Gasteiger partial charge in [0.25, 0.3) is 0 Å². The molecule has 1 heterocycles. The van der Waals surface area contributed by atoms with Crippen LogP contribution in [0.5, 0.6) is 0 Å². The molecule has 1 aliphatic heterocycles. The Balaban J connectivity index is 1.98. The lowest BCUT2D eigenvalue weighted by Gasteiger charge is -2.47. The second-order valence-corrected chi connectivity index (χ2v) is 8.36. The highest BCUT2D eigenvalue weighted by Crippen LogP contribution is 2.32. The van der Waals surface area contributed by atoms with Gasteiger partial charge in [0.15, 0.2) is 0 Å². The lowest BCUT2D eigenvalue weighted by Crippen LogP contribution is -2.61. The molecule has 2 heteroatoms. The highest BCUT2D eigenvalue weighted by Gasteiger charge is 2.35. The zero-order valence-electron chi connectivity index (χ0n) is 14.4. The van der Waals surface area contributed by atoms with E-state index in [-0.39, 0.29) is 0 Å². The Bertz CT molecular complexity index is 294. The Morgan fingerprint density at radius 1 is 1.15 bits per heavy atom. The summed E-state index contributed by atoms with van der Waals surface area (Å²) in [6, 6.07) is 1.40. The molecule has 1 saturated carbocycles. The molecule has 4 unspecified atom stereocenters. The van der Waals surface area contributed by atoms with Crippen molar-refractivity contribution in [2.75, 3.05) is 19.6 Å². The van der Waals surface area contributed by atoms with Crippen LogP contribution < -0.4 is 5.32 Å². The Morgan fingerprint density at radius 3 is 2.45 bits per heavy atom. The molecule has 1 N–H and O–H groups in total. The molecule has 0 bridgehead atoms. The summed E-state index contributed by atoms with van der Waals surface area (Å²) in [6.45, 7) is 15.7. The number of nitrogens with one attached hydrogen (secondary N) is 1. The fourth-order valence-electron chi connectivity index (χ4n) is 4.03. The standard InChI is InChI=1S/C18H36N2/c1-6-16-11-19-17(18(3,4)5)13-20(16)12-15-10-8-7-9-14(15)2/h14-17,19H,6-13H2,1-5H3. The molecule has 1 aliphatic carbocycles. The topological polar surface area (TPSA) is 15.3 Å². The summed E-state index contributed by atoms with van der Waals surface area (Å²) in [5, 5.41) is 3.80. The van der Waals surface area contributed by atoms with E-state index < -0.39 is 0 Å². The predicted molar refractivity (Wildman–Crippen MR) is 88.0 cm³/mol. The summed E-state index contributed by atoms with van der Waals surface area (Å²) in [5.41, 5.74) is 0.370. The van der Waals surface area contributed by atoms with Gasteiger partial charge in [-0.3, -0.25) is 4.90 Å². The van der Waals surface area contributed by atoms with E-state index in [1.807, 2.05) is 0 Å². The number of hydrogen-bond donors (Lipinski definition) is 1. The van der Waals surface area contributed by atoms with Crippen molar-refractivity contribution in [2.24, 2.45) is 17.3 Å². The van der Waals surface area contributed by atoms with E-state index in [2.05, 4.69) is 44.8 Å². The molecular weight excluding hydrogens is 244 g/mol. The molecule has 0 spiro atoms. The minimum Gasteiger partial charge on any atom is -0.311 e. The van der Waals surface area contributed by atoms with Gasteiger partial charge in [-0.25, -0.2) is 0 Å². The summed E-state index contributed by atoms with van der Waals surface area (Å²) in [7, 11) is 0. The van der Waals surface area contributed by atoms with Crippen molar-refractivity contribution in [3.63, 3.8) is 0 Å². The van der Waals surface area contributed by atoms with Gasteiger partial charge in [0, 0.05) is 31.7 Å². The van der Waals surface area contributed by atoms with Gasteiger partial charge in [-0.05, 0) is 30.1 Å². The maximum Gasteiger partial charge on any atom is 0.0244 e. The molecule has 0 amide bonds. The minimum absolute atomic E-state index is 0.370. The molecule has 20 heavy (non-hydrogen) atoms. The van der Waals surface area contributed by atoms with Crippen LogP contribution in [0.3, 0.4) is 0 Å². The van der Waals surface area contributed by atoms with E-state index in [1.54, 1.807) is 0 Å². The van der Waals surface area contributed by atoms with Crippen LogP contribution in [-0.4, -0.2) is 36.6 Å². The van der Waals surface area contributed by atoms with Crippen LogP contribution in [0.4, 0.5) is 0 Å². The van der Waals surface area contributed by atoms with Gasteiger partial charge in [0.05, 0.1) is 0 Å². The van der Waals surface area contributed by atoms with Crippen LogP contribution in [0.25, 0.3) is 0 Å². The van der Waals surface area contributed by atoms with E-state index in [9.17, 15) is 0 Å². The summed E-state index contributed by atoms with van der Waals surface area (Å²) in [6.07, 6.45) is 7.12. The lowest BCUT2D eigenvalue weighted by atomic mass is 9.79. The van der Waals surface area contributed by atoms with E-state index in [0.29, 0.717) is 11.5 Å². The number of rotatable bonds is 3. The van der Waals surface area contributed by atoms with Gasteiger partial charge in [-0.2, -0.15) is 0 Å². The molecule has 118 valence electrons. The zero-order valence-corrected chi connectivity index (χ0v) is 14.4. The summed E-state index contributed by atoms with van der Waals surface area (Å²) < 4.78 is 0. The monoisotopic (exact) mass is 280 g/mol. The maximum atomic E-state index is 3.80. The fraction of sp³-hybridized carbons (Fsp3) is 1.00. The third kappa shape index (κ3) is 3.98. The molecule has 2 rings (SSSR count). The van der Waals surface area contributed by atoms with Gasteiger partial charge in [0.2, 0.25) is 0 Å². The SMILES string of the molecule is CCC1CNC(C(C)(C)C)CN1CC1CCCCC1C. The van der Waals surface area contributed by atoms with Gasteiger partial charge in [-0.15, -0.1) is 0 Å². The van der Waals surface area contributed by atoms with Crippen LogP contribution in [0.1, 0.15) is 66.7 Å². The number of hydrogen-bond acceptors (Lipinski definition) is 2. The fourth-order valence-corrected chi connectivity index (χ4v) is 4.03. The molecule has 1 saturated heterocycles. The van der Waals surface area contributed by atoms with Crippen molar-refractivity contribution in [1.82, 2.24) is 10.2 Å². The van der Waals surface area contributed by atoms with Crippen LogP contribution in [-0.2, 0) is 0 Å². The third-order valence-electron chi connectivity index (χ3n) is 5.81. The lowest BCUT2D eigenvalue weighted by molar-refractivity contribution is 0.0535. The molecule has 4 atom stereocenters. The van der Waals surface area contributed by atoms with Crippen molar-refractivity contribution in [3.05, 3.63) is 0 Å². The van der Waals surface area contributed by atoms with Crippen LogP contribution in [0.2, 0.25) is 0 Å². The second kappa shape index (κ2) is 6.79. The van der Waals surface area contributed by atoms with E-state index in [4.69, 9.17) is 0 Å². The minimum atomic E-state index is 0.370. The molecule has 0 radical (unpaired) electrons. The van der Waals surface area contributed by atoms with E-state index in [1.165, 1.54) is 51.7 Å². The molecule has 0 aromatic rings. The zero-order chi connectivity index (χ0) is 14.8. The number of nitrogens with zero attached hydrogens (tertiary/aromatic N) is 1. The molecule has 0 aromatic carbocycles. The Morgan fingerprint density at radius 2 is 1.85 bits per heavy atom. The van der Waals surface area contributed by atoms with E-state index in [0.717, 1.165) is 17.9 Å². The van der Waals surface area contributed by atoms with Crippen molar-refractivity contribution in [2.45, 2.75) is 78.8 Å². The first-order chi connectivity index (χ1) is 9.41. The Hall–Kier alpha value is -0.0800. The molecule has 2 fully saturated rings. The normalized spacial score (nSPS) is 37.0. The number of piperazine rings is 1. The average Bonchev–Trinajstić information content (AvgIpc) is 2.40. The molecule has 2 nitrogen and oxygen atoms in total. The molecule has 2 aliphatic rings. The Kier molecular flexibility index (Phi) is 5.53. The van der Waals surface area contributed by atoms with Crippen molar-refractivity contribution >= 4 is 0 Å². The smallest absolute Gasteiger partial charge is 0.0244 e. The van der Waals surface area contributed by atoms with Gasteiger partial charge >= 0.3 is 0 Å². The average molecular weight is 280 g/mol. The highest BCUT2D eigenvalue weighted by atomic mass is 15.2. The van der Waals surface area contributed by atoms with Crippen molar-refractivity contribution < 1.29 is 0 Å². The first-order valence-corrected chi connectivity index (χ1v) is 8.89. The summed E-state index contributed by atoms with van der Waals surface area (Å²) >= 11 is 0. The van der Waals surface area contributed by atoms with E-state index >= 15 is 0 Å². The molecule has 0 aromatic heterocycles. The van der Waals surface area contributed by atoms with Crippen molar-refractivity contribution in [3.8, 4) is 0 Å².